The van der Waals surface area contributed by atoms with Crippen LogP contribution in [-0.2, 0) is 16.0 Å². The van der Waals surface area contributed by atoms with Crippen molar-refractivity contribution >= 4 is 17.5 Å². The van der Waals surface area contributed by atoms with Crippen molar-refractivity contribution in [3.05, 3.63) is 60.2 Å². The number of rotatable bonds is 5. The van der Waals surface area contributed by atoms with Gasteiger partial charge in [-0.2, -0.15) is 0 Å². The molecule has 5 heteroatoms. The highest BCUT2D eigenvalue weighted by Gasteiger charge is 2.33. The van der Waals surface area contributed by atoms with E-state index in [1.165, 1.54) is 5.56 Å². The lowest BCUT2D eigenvalue weighted by molar-refractivity contribution is -0.135. The number of ether oxygens (including phenoxy) is 1. The largest absolute Gasteiger partial charge is 0.493 e. The maximum absolute atomic E-state index is 13.2. The smallest absolute Gasteiger partial charge is 0.231 e. The number of hydrogen-bond acceptors (Lipinski definition) is 3. The van der Waals surface area contributed by atoms with Crippen LogP contribution in [0.5, 0.6) is 5.75 Å². The van der Waals surface area contributed by atoms with Crippen LogP contribution in [0.4, 0.5) is 5.69 Å². The minimum Gasteiger partial charge on any atom is -0.493 e. The van der Waals surface area contributed by atoms with Gasteiger partial charge >= 0.3 is 0 Å². The third-order valence-electron chi connectivity index (χ3n) is 5.83. The highest BCUT2D eigenvalue weighted by Crippen LogP contribution is 2.30. The van der Waals surface area contributed by atoms with Crippen molar-refractivity contribution in [2.75, 3.05) is 31.1 Å². The molecule has 2 aliphatic heterocycles. The summed E-state index contributed by atoms with van der Waals surface area (Å²) in [6, 6.07) is 17.7. The molecule has 0 aliphatic carbocycles. The Morgan fingerprint density at radius 3 is 2.62 bits per heavy atom. The Kier molecular flexibility index (Phi) is 6.13. The van der Waals surface area contributed by atoms with E-state index >= 15 is 0 Å². The van der Waals surface area contributed by atoms with E-state index in [1.54, 1.807) is 0 Å². The van der Waals surface area contributed by atoms with E-state index in [4.69, 9.17) is 4.74 Å². The maximum atomic E-state index is 13.2. The molecule has 0 N–H and O–H groups in total. The molecule has 2 aromatic carbocycles. The first-order valence-electron chi connectivity index (χ1n) is 10.6. The Balaban J connectivity index is 1.33. The molecule has 1 atom stereocenters. The van der Waals surface area contributed by atoms with Gasteiger partial charge in [-0.05, 0) is 49.4 Å². The second-order valence-electron chi connectivity index (χ2n) is 7.81. The minimum absolute atomic E-state index is 0.0671. The number of fused-ring (bicyclic) bond motifs is 1. The second-order valence-corrected chi connectivity index (χ2v) is 7.81. The van der Waals surface area contributed by atoms with Crippen molar-refractivity contribution in [1.82, 2.24) is 4.90 Å². The van der Waals surface area contributed by atoms with Crippen molar-refractivity contribution in [1.29, 1.82) is 0 Å². The van der Waals surface area contributed by atoms with Crippen LogP contribution in [0.1, 0.15) is 31.2 Å². The lowest BCUT2D eigenvalue weighted by Crippen LogP contribution is -2.48. The molecule has 1 unspecified atom stereocenters. The number of nitrogens with zero attached hydrogens (tertiary/aromatic N) is 2. The van der Waals surface area contributed by atoms with Crippen molar-refractivity contribution in [2.45, 2.75) is 32.1 Å². The molecule has 1 saturated heterocycles. The number of benzene rings is 2. The molecule has 0 bridgehead atoms. The Morgan fingerprint density at radius 1 is 0.966 bits per heavy atom. The number of hydrogen-bond donors (Lipinski definition) is 0. The Morgan fingerprint density at radius 2 is 1.76 bits per heavy atom. The van der Waals surface area contributed by atoms with Gasteiger partial charge in [-0.15, -0.1) is 0 Å². The van der Waals surface area contributed by atoms with Gasteiger partial charge in [-0.1, -0.05) is 36.4 Å². The number of aryl methyl sites for hydroxylation is 1. The number of carbonyl (C=O) groups excluding carboxylic acids is 2. The predicted molar refractivity (Wildman–Crippen MR) is 113 cm³/mol. The Bertz CT molecular complexity index is 852. The maximum Gasteiger partial charge on any atom is 0.231 e. The summed E-state index contributed by atoms with van der Waals surface area (Å²) in [5.74, 6) is 0.886. The third-order valence-corrected chi connectivity index (χ3v) is 5.83. The zero-order chi connectivity index (χ0) is 20.1. The van der Waals surface area contributed by atoms with Gasteiger partial charge in [-0.25, -0.2) is 0 Å². The van der Waals surface area contributed by atoms with Crippen LogP contribution in [0.15, 0.2) is 54.6 Å². The van der Waals surface area contributed by atoms with Gasteiger partial charge in [0.05, 0.1) is 18.9 Å². The van der Waals surface area contributed by atoms with E-state index in [1.807, 2.05) is 58.3 Å². The molecule has 4 rings (SSSR count). The number of anilines is 1. The molecule has 1 fully saturated rings. The normalized spacial score (nSPS) is 18.8. The fourth-order valence-electron chi connectivity index (χ4n) is 4.32. The lowest BCUT2D eigenvalue weighted by Gasteiger charge is -2.37. The molecule has 2 heterocycles. The number of likely N-dealkylation sites (tertiary alicyclic amines) is 1. The van der Waals surface area contributed by atoms with Crippen molar-refractivity contribution in [3.8, 4) is 5.75 Å². The molecule has 0 radical (unpaired) electrons. The molecule has 152 valence electrons. The molecule has 2 aliphatic rings. The summed E-state index contributed by atoms with van der Waals surface area (Å²) in [6.45, 7) is 2.37. The SMILES string of the molecule is O=C(CCOc1ccccc1)N1CCCC(C(=O)N2CCCc3ccccc32)C1. The third kappa shape index (κ3) is 4.61. The van der Waals surface area contributed by atoms with E-state index in [0.29, 0.717) is 19.6 Å². The molecule has 0 saturated carbocycles. The number of amides is 2. The van der Waals surface area contributed by atoms with Crippen molar-refractivity contribution < 1.29 is 14.3 Å². The van der Waals surface area contributed by atoms with Gasteiger partial charge in [0, 0.05) is 25.3 Å². The molecule has 2 amide bonds. The van der Waals surface area contributed by atoms with Gasteiger partial charge in [0.2, 0.25) is 11.8 Å². The molecule has 5 nitrogen and oxygen atoms in total. The number of piperidine rings is 1. The average molecular weight is 392 g/mol. The summed E-state index contributed by atoms with van der Waals surface area (Å²) in [6.07, 6.45) is 4.08. The highest BCUT2D eigenvalue weighted by atomic mass is 16.5. The zero-order valence-corrected chi connectivity index (χ0v) is 16.8. The summed E-state index contributed by atoms with van der Waals surface area (Å²) in [4.78, 5) is 29.7. The van der Waals surface area contributed by atoms with E-state index in [2.05, 4.69) is 6.07 Å². The highest BCUT2D eigenvalue weighted by molar-refractivity contribution is 5.96. The van der Waals surface area contributed by atoms with Crippen LogP contribution in [-0.4, -0.2) is 43.0 Å². The fourth-order valence-corrected chi connectivity index (χ4v) is 4.32. The molecule has 0 aromatic heterocycles. The van der Waals surface area contributed by atoms with E-state index in [0.717, 1.165) is 50.2 Å². The van der Waals surface area contributed by atoms with Crippen LogP contribution in [0.3, 0.4) is 0 Å². The van der Waals surface area contributed by atoms with Gasteiger partial charge in [0.15, 0.2) is 0 Å². The van der Waals surface area contributed by atoms with E-state index < -0.39 is 0 Å². The standard InChI is InChI=1S/C24H28N2O3/c27-23(14-17-29-21-11-2-1-3-12-21)25-15-6-10-20(18-25)24(28)26-16-7-9-19-8-4-5-13-22(19)26/h1-5,8,11-13,20H,6-7,9-10,14-18H2. The Labute approximate surface area is 172 Å². The minimum atomic E-state index is -0.117. The first-order chi connectivity index (χ1) is 14.2. The summed E-state index contributed by atoms with van der Waals surface area (Å²) in [5.41, 5.74) is 2.29. The molecule has 29 heavy (non-hydrogen) atoms. The van der Waals surface area contributed by atoms with Crippen molar-refractivity contribution in [2.24, 2.45) is 5.92 Å². The summed E-state index contributed by atoms with van der Waals surface area (Å²) in [5, 5.41) is 0. The van der Waals surface area contributed by atoms with Gasteiger partial charge < -0.3 is 14.5 Å². The van der Waals surface area contributed by atoms with Crippen LogP contribution in [0.2, 0.25) is 0 Å². The zero-order valence-electron chi connectivity index (χ0n) is 16.8. The monoisotopic (exact) mass is 392 g/mol. The van der Waals surface area contributed by atoms with Gasteiger partial charge in [0.1, 0.15) is 5.75 Å². The Hall–Kier alpha value is -2.82. The van der Waals surface area contributed by atoms with Gasteiger partial charge in [0.25, 0.3) is 0 Å². The van der Waals surface area contributed by atoms with Crippen LogP contribution in [0, 0.1) is 5.92 Å². The van der Waals surface area contributed by atoms with E-state index in [-0.39, 0.29) is 17.7 Å². The quantitative estimate of drug-likeness (QED) is 0.780. The molecule has 2 aromatic rings. The lowest BCUT2D eigenvalue weighted by atomic mass is 9.94. The van der Waals surface area contributed by atoms with Crippen LogP contribution < -0.4 is 9.64 Å². The predicted octanol–water partition coefficient (Wildman–Crippen LogP) is 3.67. The first-order valence-corrected chi connectivity index (χ1v) is 10.6. The fraction of sp³-hybridized carbons (Fsp3) is 0.417. The molecular weight excluding hydrogens is 364 g/mol. The topological polar surface area (TPSA) is 49.9 Å². The number of para-hydroxylation sites is 2. The average Bonchev–Trinajstić information content (AvgIpc) is 2.79. The van der Waals surface area contributed by atoms with Crippen LogP contribution in [0.25, 0.3) is 0 Å². The van der Waals surface area contributed by atoms with Crippen molar-refractivity contribution in [3.63, 3.8) is 0 Å². The molecular formula is C24H28N2O3. The summed E-state index contributed by atoms with van der Waals surface area (Å²) < 4.78 is 5.65. The van der Waals surface area contributed by atoms with Gasteiger partial charge in [-0.3, -0.25) is 9.59 Å². The van der Waals surface area contributed by atoms with Crippen LogP contribution >= 0.6 is 0 Å². The summed E-state index contributed by atoms with van der Waals surface area (Å²) >= 11 is 0. The molecule has 0 spiro atoms. The van der Waals surface area contributed by atoms with E-state index in [9.17, 15) is 9.59 Å². The number of carbonyl (C=O) groups is 2. The first kappa shape index (κ1) is 19.5. The second kappa shape index (κ2) is 9.12. The summed E-state index contributed by atoms with van der Waals surface area (Å²) in [7, 11) is 0.